The summed E-state index contributed by atoms with van der Waals surface area (Å²) in [7, 11) is 0. The molecule has 0 spiro atoms. The maximum Gasteiger partial charge on any atom is 0.0945 e. The lowest BCUT2D eigenvalue weighted by Crippen LogP contribution is -2.30. The van der Waals surface area contributed by atoms with E-state index < -0.39 is 6.10 Å². The lowest BCUT2D eigenvalue weighted by Gasteiger charge is -2.23. The Morgan fingerprint density at radius 2 is 1.71 bits per heavy atom. The molecule has 0 fully saturated rings. The van der Waals surface area contributed by atoms with Gasteiger partial charge in [-0.2, -0.15) is 0 Å². The molecule has 0 aliphatic carbocycles. The molecule has 0 amide bonds. The number of anilines is 2. The zero-order chi connectivity index (χ0) is 15.9. The summed E-state index contributed by atoms with van der Waals surface area (Å²) >= 11 is 0. The average Bonchev–Trinajstić information content (AvgIpc) is 2.45. The average molecular weight is 294 g/mol. The second-order valence-corrected chi connectivity index (χ2v) is 6.18. The predicted octanol–water partition coefficient (Wildman–Crippen LogP) is 3.12. The fourth-order valence-corrected chi connectivity index (χ4v) is 2.02. The minimum Gasteiger partial charge on any atom is -0.389 e. The smallest absolute Gasteiger partial charge is 0.0945 e. The Hall–Kier alpha value is -1.26. The number of nitrogens with one attached hydrogen (secondary N) is 1. The van der Waals surface area contributed by atoms with Gasteiger partial charge in [0.2, 0.25) is 0 Å². The van der Waals surface area contributed by atoms with E-state index in [1.165, 1.54) is 5.69 Å². The summed E-state index contributed by atoms with van der Waals surface area (Å²) in [5.74, 6) is 0. The zero-order valence-electron chi connectivity index (χ0n) is 14.0. The van der Waals surface area contributed by atoms with Crippen molar-refractivity contribution in [3.63, 3.8) is 0 Å². The Labute approximate surface area is 129 Å². The third-order valence-electron chi connectivity index (χ3n) is 3.25. The Morgan fingerprint density at radius 1 is 1.14 bits per heavy atom. The van der Waals surface area contributed by atoms with Crippen molar-refractivity contribution in [2.75, 3.05) is 36.5 Å². The first-order valence-electron chi connectivity index (χ1n) is 7.76. The van der Waals surface area contributed by atoms with Gasteiger partial charge in [0.15, 0.2) is 0 Å². The molecule has 1 rings (SSSR count). The number of aliphatic hydroxyl groups is 1. The Balaban J connectivity index is 2.42. The van der Waals surface area contributed by atoms with Crippen molar-refractivity contribution >= 4 is 11.4 Å². The van der Waals surface area contributed by atoms with Crippen LogP contribution < -0.4 is 10.2 Å². The van der Waals surface area contributed by atoms with Gasteiger partial charge in [0.1, 0.15) is 0 Å². The number of hydrogen-bond acceptors (Lipinski definition) is 4. The van der Waals surface area contributed by atoms with Gasteiger partial charge in [-0.1, -0.05) is 0 Å². The molecule has 0 bridgehead atoms. The van der Waals surface area contributed by atoms with E-state index in [9.17, 15) is 5.11 Å². The lowest BCUT2D eigenvalue weighted by molar-refractivity contribution is -0.0449. The van der Waals surface area contributed by atoms with Crippen LogP contribution in [0, 0.1) is 0 Å². The number of aliphatic hydroxyl groups excluding tert-OH is 1. The molecule has 0 saturated heterocycles. The first-order chi connectivity index (χ1) is 9.85. The van der Waals surface area contributed by atoms with Crippen LogP contribution in [0.25, 0.3) is 0 Å². The normalized spacial score (nSPS) is 13.0. The molecule has 1 unspecified atom stereocenters. The van der Waals surface area contributed by atoms with E-state index in [1.807, 2.05) is 32.9 Å². The van der Waals surface area contributed by atoms with Crippen molar-refractivity contribution in [2.24, 2.45) is 0 Å². The fourth-order valence-electron chi connectivity index (χ4n) is 2.02. The quantitative estimate of drug-likeness (QED) is 0.773. The van der Waals surface area contributed by atoms with Gasteiger partial charge in [0.05, 0.1) is 18.3 Å². The fraction of sp³-hybridized carbons (Fsp3) is 0.647. The van der Waals surface area contributed by atoms with E-state index in [0.29, 0.717) is 13.2 Å². The molecule has 4 heteroatoms. The van der Waals surface area contributed by atoms with E-state index in [4.69, 9.17) is 4.74 Å². The molecule has 120 valence electrons. The number of benzene rings is 1. The molecular weight excluding hydrogens is 264 g/mol. The van der Waals surface area contributed by atoms with Crippen molar-refractivity contribution in [1.82, 2.24) is 0 Å². The molecule has 4 nitrogen and oxygen atoms in total. The lowest BCUT2D eigenvalue weighted by atomic mass is 10.2. The van der Waals surface area contributed by atoms with E-state index >= 15 is 0 Å². The molecule has 1 aromatic rings. The summed E-state index contributed by atoms with van der Waals surface area (Å²) in [6.07, 6.45) is -0.508. The second kappa shape index (κ2) is 8.25. The molecule has 21 heavy (non-hydrogen) atoms. The molecule has 0 heterocycles. The van der Waals surface area contributed by atoms with E-state index in [1.54, 1.807) is 0 Å². The minimum absolute atomic E-state index is 0.216. The SMILES string of the molecule is CCN(CC)c1ccc(NCC(O)COC(C)(C)C)cc1. The van der Waals surface area contributed by atoms with Gasteiger partial charge in [-0.05, 0) is 58.9 Å². The van der Waals surface area contributed by atoms with Crippen LogP contribution in [0.2, 0.25) is 0 Å². The summed E-state index contributed by atoms with van der Waals surface area (Å²) in [5, 5.41) is 13.1. The van der Waals surface area contributed by atoms with Crippen LogP contribution in [0.4, 0.5) is 11.4 Å². The van der Waals surface area contributed by atoms with E-state index in [0.717, 1.165) is 18.8 Å². The van der Waals surface area contributed by atoms with Crippen LogP contribution in [-0.2, 0) is 4.74 Å². The van der Waals surface area contributed by atoms with E-state index in [-0.39, 0.29) is 5.60 Å². The first-order valence-corrected chi connectivity index (χ1v) is 7.76. The number of rotatable bonds is 8. The molecule has 0 aliphatic heterocycles. The van der Waals surface area contributed by atoms with Crippen LogP contribution in [-0.4, -0.2) is 43.1 Å². The summed E-state index contributed by atoms with van der Waals surface area (Å²) in [4.78, 5) is 2.30. The monoisotopic (exact) mass is 294 g/mol. The van der Waals surface area contributed by atoms with Gasteiger partial charge in [0.25, 0.3) is 0 Å². The maximum absolute atomic E-state index is 9.90. The molecule has 1 aromatic carbocycles. The van der Waals surface area contributed by atoms with Gasteiger partial charge >= 0.3 is 0 Å². The number of ether oxygens (including phenoxy) is 1. The highest BCUT2D eigenvalue weighted by Crippen LogP contribution is 2.17. The molecule has 0 radical (unpaired) electrons. The molecule has 0 saturated carbocycles. The third-order valence-corrected chi connectivity index (χ3v) is 3.25. The topological polar surface area (TPSA) is 44.7 Å². The molecule has 0 aromatic heterocycles. The highest BCUT2D eigenvalue weighted by atomic mass is 16.5. The second-order valence-electron chi connectivity index (χ2n) is 6.18. The number of hydrogen-bond donors (Lipinski definition) is 2. The van der Waals surface area contributed by atoms with Crippen molar-refractivity contribution in [2.45, 2.75) is 46.3 Å². The standard InChI is InChI=1S/C17H30N2O2/c1-6-19(7-2)15-10-8-14(9-11-15)18-12-16(20)13-21-17(3,4)5/h8-11,16,18,20H,6-7,12-13H2,1-5H3. The third kappa shape index (κ3) is 6.82. The van der Waals surface area contributed by atoms with Crippen LogP contribution >= 0.6 is 0 Å². The maximum atomic E-state index is 9.90. The van der Waals surface area contributed by atoms with Crippen LogP contribution in [0.15, 0.2) is 24.3 Å². The van der Waals surface area contributed by atoms with Gasteiger partial charge in [-0.25, -0.2) is 0 Å². The zero-order valence-corrected chi connectivity index (χ0v) is 14.0. The number of nitrogens with zero attached hydrogens (tertiary/aromatic N) is 1. The van der Waals surface area contributed by atoms with Gasteiger partial charge in [0, 0.05) is 31.0 Å². The summed E-state index contributed by atoms with van der Waals surface area (Å²) < 4.78 is 5.56. The van der Waals surface area contributed by atoms with Crippen molar-refractivity contribution in [3.8, 4) is 0 Å². The van der Waals surface area contributed by atoms with Crippen molar-refractivity contribution in [3.05, 3.63) is 24.3 Å². The van der Waals surface area contributed by atoms with Gasteiger partial charge < -0.3 is 20.1 Å². The highest BCUT2D eigenvalue weighted by Gasteiger charge is 2.13. The van der Waals surface area contributed by atoms with Gasteiger partial charge in [-0.3, -0.25) is 0 Å². The summed E-state index contributed by atoms with van der Waals surface area (Å²) in [6, 6.07) is 8.30. The highest BCUT2D eigenvalue weighted by molar-refractivity contribution is 5.55. The van der Waals surface area contributed by atoms with Crippen LogP contribution in [0.3, 0.4) is 0 Å². The molecule has 0 aliphatic rings. The van der Waals surface area contributed by atoms with Crippen molar-refractivity contribution < 1.29 is 9.84 Å². The van der Waals surface area contributed by atoms with E-state index in [2.05, 4.69) is 36.2 Å². The van der Waals surface area contributed by atoms with Crippen molar-refractivity contribution in [1.29, 1.82) is 0 Å². The first kappa shape index (κ1) is 17.8. The Morgan fingerprint density at radius 3 is 2.19 bits per heavy atom. The summed E-state index contributed by atoms with van der Waals surface area (Å²) in [5.41, 5.74) is 2.02. The minimum atomic E-state index is -0.508. The summed E-state index contributed by atoms with van der Waals surface area (Å²) in [6.45, 7) is 13.1. The van der Waals surface area contributed by atoms with Gasteiger partial charge in [-0.15, -0.1) is 0 Å². The molecule has 1 atom stereocenters. The Bertz CT molecular complexity index is 394. The molecular formula is C17H30N2O2. The van der Waals surface area contributed by atoms with Crippen LogP contribution in [0.1, 0.15) is 34.6 Å². The van der Waals surface area contributed by atoms with Crippen LogP contribution in [0.5, 0.6) is 0 Å². The predicted molar refractivity (Wildman–Crippen MR) is 90.2 cm³/mol. The largest absolute Gasteiger partial charge is 0.389 e. The Kier molecular flexibility index (Phi) is 6.99. The molecule has 2 N–H and O–H groups in total.